The number of likely N-dealkylation sites (N-methyl/N-ethyl adjacent to an activating group) is 1. The van der Waals surface area contributed by atoms with E-state index in [-0.39, 0.29) is 12.0 Å². The van der Waals surface area contributed by atoms with Crippen LogP contribution in [0.25, 0.3) is 0 Å². The summed E-state index contributed by atoms with van der Waals surface area (Å²) in [6, 6.07) is 32.2. The molecule has 1 unspecified atom stereocenters. The van der Waals surface area contributed by atoms with E-state index in [1.54, 1.807) is 0 Å². The maximum atomic E-state index is 11.9. The minimum absolute atomic E-state index is 0.0739. The Morgan fingerprint density at radius 3 is 1.52 bits per heavy atom. The smallest absolute Gasteiger partial charge is 0.307 e. The summed E-state index contributed by atoms with van der Waals surface area (Å²) in [5, 5.41) is 3.93. The van der Waals surface area contributed by atoms with Gasteiger partial charge in [-0.1, -0.05) is 91.0 Å². The summed E-state index contributed by atoms with van der Waals surface area (Å²) < 4.78 is 7.77. The van der Waals surface area contributed by atoms with Crippen LogP contribution in [0.15, 0.2) is 91.0 Å². The first-order valence-corrected chi connectivity index (χ1v) is 11.2. The van der Waals surface area contributed by atoms with Crippen LogP contribution in [0, 0.1) is 0 Å². The van der Waals surface area contributed by atoms with E-state index in [1.165, 1.54) is 15.6 Å². The average molecular weight is 374 g/mol. The predicted molar refractivity (Wildman–Crippen MR) is 111 cm³/mol. The molecule has 27 heavy (non-hydrogen) atoms. The molecule has 1 atom stereocenters. The molecule has 3 nitrogen and oxygen atoms in total. The quantitative estimate of drug-likeness (QED) is 0.389. The number of ether oxygens (including phenoxy) is 1. The van der Waals surface area contributed by atoms with Gasteiger partial charge >= 0.3 is 5.97 Å². The molecule has 1 heterocycles. The Bertz CT molecular complexity index is 803. The van der Waals surface area contributed by atoms with Gasteiger partial charge < -0.3 is 9.30 Å². The monoisotopic (exact) mass is 373 g/mol. The first-order valence-electron chi connectivity index (χ1n) is 9.28. The molecule has 0 N–H and O–H groups in total. The number of hydrogen-bond acceptors (Lipinski definition) is 3. The summed E-state index contributed by atoms with van der Waals surface area (Å²) in [7, 11) is -0.362. The number of rotatable bonds is 5. The lowest BCUT2D eigenvalue weighted by molar-refractivity contribution is -0.137. The molecule has 0 aromatic heterocycles. The molecule has 4 heteroatoms. The van der Waals surface area contributed by atoms with Crippen LogP contribution >= 0.6 is 0 Å². The molecule has 0 amide bonds. The standard InChI is InChI=1S/C23H23NO2Si/c1-24(19-17-23(25)26-18-19)27(20-11-5-2-6-12-20,21-13-7-3-8-14-21)22-15-9-4-10-16-22/h2-16,19H,17-18H2,1H3. The van der Waals surface area contributed by atoms with E-state index in [0.717, 1.165) is 0 Å². The highest BCUT2D eigenvalue weighted by Gasteiger charge is 2.47. The van der Waals surface area contributed by atoms with Crippen LogP contribution in [-0.4, -0.2) is 38.5 Å². The summed E-state index contributed by atoms with van der Waals surface area (Å²) in [6.45, 7) is 0.455. The lowest BCUT2D eigenvalue weighted by Gasteiger charge is -2.43. The van der Waals surface area contributed by atoms with Crippen molar-refractivity contribution in [2.75, 3.05) is 13.7 Å². The van der Waals surface area contributed by atoms with Gasteiger partial charge in [0.25, 0.3) is 0 Å². The third-order valence-corrected chi connectivity index (χ3v) is 10.4. The summed E-state index contributed by atoms with van der Waals surface area (Å²) in [5.41, 5.74) is 0. The Labute approximate surface area is 161 Å². The molecule has 1 aliphatic rings. The molecular formula is C23H23NO2Si. The van der Waals surface area contributed by atoms with Crippen molar-refractivity contribution in [3.63, 3.8) is 0 Å². The molecule has 4 rings (SSSR count). The Morgan fingerprint density at radius 1 is 0.778 bits per heavy atom. The Morgan fingerprint density at radius 2 is 1.19 bits per heavy atom. The third-order valence-electron chi connectivity index (χ3n) is 5.49. The van der Waals surface area contributed by atoms with Crippen LogP contribution in [0.2, 0.25) is 0 Å². The van der Waals surface area contributed by atoms with E-state index in [1.807, 2.05) is 0 Å². The van der Waals surface area contributed by atoms with E-state index < -0.39 is 8.24 Å². The summed E-state index contributed by atoms with van der Waals surface area (Å²) in [4.78, 5) is 11.9. The van der Waals surface area contributed by atoms with Crippen molar-refractivity contribution in [2.45, 2.75) is 12.5 Å². The van der Waals surface area contributed by atoms with Crippen molar-refractivity contribution in [2.24, 2.45) is 0 Å². The maximum Gasteiger partial charge on any atom is 0.307 e. The minimum atomic E-state index is -2.52. The van der Waals surface area contributed by atoms with Crippen molar-refractivity contribution in [1.82, 2.24) is 4.57 Å². The number of cyclic esters (lactones) is 1. The summed E-state index contributed by atoms with van der Waals surface area (Å²) >= 11 is 0. The second-order valence-corrected chi connectivity index (χ2v) is 10.8. The van der Waals surface area contributed by atoms with Crippen molar-refractivity contribution in [3.05, 3.63) is 91.0 Å². The second kappa shape index (κ2) is 7.51. The van der Waals surface area contributed by atoms with Crippen LogP contribution in [0.3, 0.4) is 0 Å². The van der Waals surface area contributed by atoms with Gasteiger partial charge in [0, 0.05) is 6.04 Å². The highest BCUT2D eigenvalue weighted by atomic mass is 28.3. The number of nitrogens with zero attached hydrogens (tertiary/aromatic N) is 1. The topological polar surface area (TPSA) is 29.5 Å². The van der Waals surface area contributed by atoms with Crippen LogP contribution < -0.4 is 15.6 Å². The Balaban J connectivity index is 1.99. The fourth-order valence-electron chi connectivity index (χ4n) is 4.17. The molecule has 0 bridgehead atoms. The second-order valence-electron chi connectivity index (χ2n) is 6.96. The van der Waals surface area contributed by atoms with Gasteiger partial charge in [0.05, 0.1) is 6.42 Å². The maximum absolute atomic E-state index is 11.9. The number of hydrogen-bond donors (Lipinski definition) is 0. The van der Waals surface area contributed by atoms with E-state index in [4.69, 9.17) is 4.74 Å². The molecule has 1 aliphatic heterocycles. The van der Waals surface area contributed by atoms with E-state index in [9.17, 15) is 4.79 Å². The van der Waals surface area contributed by atoms with Gasteiger partial charge in [-0.15, -0.1) is 0 Å². The van der Waals surface area contributed by atoms with Crippen molar-refractivity contribution < 1.29 is 9.53 Å². The molecule has 1 saturated heterocycles. The average Bonchev–Trinajstić information content (AvgIpc) is 3.17. The number of benzene rings is 3. The zero-order chi connectivity index (χ0) is 18.7. The van der Waals surface area contributed by atoms with Gasteiger partial charge in [0.2, 0.25) is 8.24 Å². The van der Waals surface area contributed by atoms with Gasteiger partial charge in [-0.3, -0.25) is 4.79 Å². The third kappa shape index (κ3) is 3.11. The van der Waals surface area contributed by atoms with Crippen LogP contribution in [0.4, 0.5) is 0 Å². The Hall–Kier alpha value is -2.69. The fourth-order valence-corrected chi connectivity index (χ4v) is 9.13. The molecule has 0 spiro atoms. The van der Waals surface area contributed by atoms with Crippen LogP contribution in [0.1, 0.15) is 6.42 Å². The van der Waals surface area contributed by atoms with E-state index in [0.29, 0.717) is 13.0 Å². The predicted octanol–water partition coefficient (Wildman–Crippen LogP) is 1.90. The molecule has 3 aromatic rings. The normalized spacial score (nSPS) is 17.1. The highest BCUT2D eigenvalue weighted by molar-refractivity contribution is 7.09. The molecule has 1 fully saturated rings. The molecular weight excluding hydrogens is 350 g/mol. The summed E-state index contributed by atoms with van der Waals surface area (Å²) in [5.74, 6) is -0.107. The zero-order valence-corrected chi connectivity index (χ0v) is 16.4. The van der Waals surface area contributed by atoms with Crippen molar-refractivity contribution >= 4 is 29.8 Å². The minimum Gasteiger partial charge on any atom is -0.464 e. The van der Waals surface area contributed by atoms with Gasteiger partial charge in [0.1, 0.15) is 6.61 Å². The Kier molecular flexibility index (Phi) is 4.92. The molecule has 3 aromatic carbocycles. The SMILES string of the molecule is CN(C1COC(=O)C1)[Si](c1ccccc1)(c1ccccc1)c1ccccc1. The van der Waals surface area contributed by atoms with Gasteiger partial charge in [-0.2, -0.15) is 0 Å². The van der Waals surface area contributed by atoms with E-state index in [2.05, 4.69) is 103 Å². The van der Waals surface area contributed by atoms with Gasteiger partial charge in [-0.25, -0.2) is 0 Å². The highest BCUT2D eigenvalue weighted by Crippen LogP contribution is 2.20. The largest absolute Gasteiger partial charge is 0.464 e. The number of carbonyl (C=O) groups is 1. The molecule has 0 radical (unpaired) electrons. The van der Waals surface area contributed by atoms with Gasteiger partial charge in [-0.05, 0) is 22.6 Å². The number of carbonyl (C=O) groups excluding carboxylic acids is 1. The number of esters is 1. The van der Waals surface area contributed by atoms with Crippen molar-refractivity contribution in [3.8, 4) is 0 Å². The lowest BCUT2D eigenvalue weighted by Crippen LogP contribution is -2.78. The first kappa shape index (κ1) is 17.7. The zero-order valence-electron chi connectivity index (χ0n) is 15.4. The molecule has 0 aliphatic carbocycles. The van der Waals surface area contributed by atoms with Crippen molar-refractivity contribution in [1.29, 1.82) is 0 Å². The summed E-state index contributed by atoms with van der Waals surface area (Å²) in [6.07, 6.45) is 0.442. The van der Waals surface area contributed by atoms with Crippen LogP contribution in [0.5, 0.6) is 0 Å². The molecule has 136 valence electrons. The van der Waals surface area contributed by atoms with Gasteiger partial charge in [0.15, 0.2) is 0 Å². The lowest BCUT2D eigenvalue weighted by atomic mass is 10.3. The molecule has 0 saturated carbocycles. The van der Waals surface area contributed by atoms with E-state index >= 15 is 0 Å². The fraction of sp³-hybridized carbons (Fsp3) is 0.174. The van der Waals surface area contributed by atoms with Crippen LogP contribution in [-0.2, 0) is 9.53 Å². The first-order chi connectivity index (χ1) is 13.2.